The van der Waals surface area contributed by atoms with E-state index in [1.165, 1.54) is 0 Å². The number of nitrogens with one attached hydrogen (secondary N) is 9. The van der Waals surface area contributed by atoms with E-state index in [1.807, 2.05) is 12.2 Å². The quantitative estimate of drug-likeness (QED) is 0.0181. The molecule has 0 bridgehead atoms. The maximum Gasteiger partial charge on any atom is 0.322 e. The number of aliphatic hydroxyl groups excluding tert-OH is 3. The first-order valence-electron chi connectivity index (χ1n) is 22.1. The van der Waals surface area contributed by atoms with E-state index in [0.717, 1.165) is 0 Å². The number of aliphatic carboxylic acids is 1. The van der Waals surface area contributed by atoms with E-state index in [4.69, 9.17) is 22.3 Å². The van der Waals surface area contributed by atoms with Crippen molar-refractivity contribution in [3.8, 4) is 0 Å². The van der Waals surface area contributed by atoms with Crippen LogP contribution in [0.2, 0.25) is 0 Å². The van der Waals surface area contributed by atoms with Gasteiger partial charge in [-0.1, -0.05) is 64.4 Å². The first kappa shape index (κ1) is 60.0. The van der Waals surface area contributed by atoms with E-state index in [1.54, 1.807) is 51.1 Å². The van der Waals surface area contributed by atoms with E-state index >= 15 is 0 Å². The van der Waals surface area contributed by atoms with Crippen LogP contribution >= 0.6 is 0 Å². The van der Waals surface area contributed by atoms with Crippen molar-refractivity contribution in [1.82, 2.24) is 47.9 Å². The van der Waals surface area contributed by atoms with Crippen LogP contribution in [0.5, 0.6) is 0 Å². The molecule has 1 aromatic rings. The second kappa shape index (κ2) is 31.9. The number of carboxylic acids is 1. The Hall–Kier alpha value is -6.97. The summed E-state index contributed by atoms with van der Waals surface area (Å²) in [4.78, 5) is 132. The third kappa shape index (κ3) is 23.5. The first-order valence-corrected chi connectivity index (χ1v) is 22.1. The molecular formula is C42H69N13O14. The third-order valence-electron chi connectivity index (χ3n) is 10.1. The number of benzene rings is 1. The van der Waals surface area contributed by atoms with Gasteiger partial charge < -0.3 is 85.5 Å². The molecule has 8 atom stereocenters. The van der Waals surface area contributed by atoms with E-state index in [0.29, 0.717) is 12.0 Å². The predicted octanol–water partition coefficient (Wildman–Crippen LogP) is -6.98. The molecular weight excluding hydrogens is 911 g/mol. The van der Waals surface area contributed by atoms with Crippen molar-refractivity contribution in [1.29, 1.82) is 0 Å². The number of carbonyl (C=O) groups excluding carboxylic acids is 9. The summed E-state index contributed by atoms with van der Waals surface area (Å²) >= 11 is 0. The van der Waals surface area contributed by atoms with Crippen molar-refractivity contribution in [3.05, 3.63) is 35.9 Å². The third-order valence-corrected chi connectivity index (χ3v) is 10.1. The molecule has 0 unspecified atom stereocenters. The fraction of sp³-hybridized carbons (Fsp3) is 0.595. The summed E-state index contributed by atoms with van der Waals surface area (Å²) in [5, 5.41) is 59.3. The fourth-order valence-electron chi connectivity index (χ4n) is 6.07. The van der Waals surface area contributed by atoms with Crippen LogP contribution in [0.3, 0.4) is 0 Å². The molecule has 0 spiro atoms. The van der Waals surface area contributed by atoms with Crippen LogP contribution < -0.4 is 65.1 Å². The highest BCUT2D eigenvalue weighted by Gasteiger charge is 2.32. The molecule has 0 heterocycles. The maximum atomic E-state index is 13.9. The number of carboxylic acid groups (broad SMARTS) is 1. The van der Waals surface area contributed by atoms with Crippen LogP contribution in [0, 0.1) is 11.8 Å². The number of aliphatic hydroxyl groups is 3. The number of aliphatic imine (C=N–C) groups is 1. The topological polar surface area (TPSA) is 450 Å². The average Bonchev–Trinajstić information content (AvgIpc) is 3.31. The standard InChI is InChI=1S/C42H69N13O14/c1-5-23(4)34(43)41(69)55-29(20-57)36(64)48-16-31(59)50-26(14-22(2)3)35(63)47-17-32(60)51-30(21-58)40(68)52-25(12-9-13-46-42(44)45)38(66)53-27(15-24-10-7-6-8-11-24)39(67)54-28(19-56)37(65)49-18-33(61)62/h6-8,10-11,22-23,25-30,34,56-58H,5,9,12-21,43H2,1-4H3,(H,47,63)(H,48,64)(H,49,65)(H,50,59)(H,51,60)(H,52,68)(H,53,66)(H,54,67)(H,55,69)(H,61,62)(H4,44,45,46)/t23-,25-,26-,27-,28-,29-,30-,34-/m0/s1. The van der Waals surface area contributed by atoms with E-state index in [2.05, 4.69) is 47.5 Å². The van der Waals surface area contributed by atoms with E-state index < -0.39 is 141 Å². The Kier molecular flexibility index (Phi) is 27.8. The second-order valence-electron chi connectivity index (χ2n) is 16.3. The van der Waals surface area contributed by atoms with Gasteiger partial charge in [0.25, 0.3) is 0 Å². The zero-order valence-corrected chi connectivity index (χ0v) is 39.1. The first-order chi connectivity index (χ1) is 32.6. The van der Waals surface area contributed by atoms with Crippen LogP contribution in [-0.4, -0.2) is 174 Å². The zero-order valence-electron chi connectivity index (χ0n) is 39.1. The Morgan fingerprint density at radius 3 is 1.51 bits per heavy atom. The van der Waals surface area contributed by atoms with Crippen molar-refractivity contribution < 1.29 is 68.4 Å². The van der Waals surface area contributed by atoms with Crippen LogP contribution in [-0.2, 0) is 54.4 Å². The molecule has 0 aliphatic rings. The molecule has 0 aliphatic heterocycles. The van der Waals surface area contributed by atoms with Crippen LogP contribution in [0.15, 0.2) is 35.3 Å². The number of rotatable bonds is 32. The van der Waals surface area contributed by atoms with E-state index in [-0.39, 0.29) is 50.0 Å². The highest BCUT2D eigenvalue weighted by Crippen LogP contribution is 2.09. The maximum absolute atomic E-state index is 13.9. The van der Waals surface area contributed by atoms with Gasteiger partial charge >= 0.3 is 5.97 Å². The number of hydrogen-bond acceptors (Lipinski definition) is 15. The lowest BCUT2D eigenvalue weighted by Crippen LogP contribution is -2.60. The fourth-order valence-corrected chi connectivity index (χ4v) is 6.07. The van der Waals surface area contributed by atoms with Gasteiger partial charge in [0.15, 0.2) is 5.96 Å². The lowest BCUT2D eigenvalue weighted by molar-refractivity contribution is -0.139. The summed E-state index contributed by atoms with van der Waals surface area (Å²) in [5.41, 5.74) is 17.3. The van der Waals surface area contributed by atoms with Crippen molar-refractivity contribution in [2.24, 2.45) is 34.0 Å². The van der Waals surface area contributed by atoms with Crippen molar-refractivity contribution >= 4 is 65.1 Å². The summed E-state index contributed by atoms with van der Waals surface area (Å²) < 4.78 is 0. The number of hydrogen-bond donors (Lipinski definition) is 16. The number of amides is 9. The lowest BCUT2D eigenvalue weighted by Gasteiger charge is -2.26. The molecule has 0 fully saturated rings. The van der Waals surface area contributed by atoms with Crippen LogP contribution in [0.4, 0.5) is 0 Å². The summed E-state index contributed by atoms with van der Waals surface area (Å²) in [7, 11) is 0. The number of nitrogens with two attached hydrogens (primary N) is 3. The Balaban J connectivity index is 3.11. The second-order valence-corrected chi connectivity index (χ2v) is 16.3. The molecule has 0 aromatic heterocycles. The molecule has 1 aromatic carbocycles. The Morgan fingerprint density at radius 1 is 0.580 bits per heavy atom. The smallest absolute Gasteiger partial charge is 0.322 e. The summed E-state index contributed by atoms with van der Waals surface area (Å²) in [6.45, 7) is 2.08. The molecule has 0 radical (unpaired) electrons. The van der Waals surface area contributed by atoms with Crippen LogP contribution in [0.25, 0.3) is 0 Å². The van der Waals surface area contributed by atoms with Gasteiger partial charge in [-0.2, -0.15) is 0 Å². The molecule has 27 nitrogen and oxygen atoms in total. The highest BCUT2D eigenvalue weighted by atomic mass is 16.4. The van der Waals surface area contributed by atoms with Gasteiger partial charge in [0.2, 0.25) is 53.2 Å². The lowest BCUT2D eigenvalue weighted by atomic mass is 9.99. The molecule has 0 saturated carbocycles. The molecule has 27 heteroatoms. The van der Waals surface area contributed by atoms with Crippen molar-refractivity contribution in [3.63, 3.8) is 0 Å². The van der Waals surface area contributed by atoms with E-state index in [9.17, 15) is 63.3 Å². The molecule has 1 rings (SSSR count). The molecule has 0 saturated heterocycles. The summed E-state index contributed by atoms with van der Waals surface area (Å²) in [6, 6.07) is -1.55. The molecule has 0 aliphatic carbocycles. The Morgan fingerprint density at radius 2 is 1.01 bits per heavy atom. The molecule has 386 valence electrons. The minimum absolute atomic E-state index is 0.00958. The van der Waals surface area contributed by atoms with Crippen LogP contribution in [0.1, 0.15) is 58.9 Å². The number of guanidine groups is 1. The highest BCUT2D eigenvalue weighted by molar-refractivity contribution is 5.97. The van der Waals surface area contributed by atoms with Gasteiger partial charge in [0, 0.05) is 13.0 Å². The van der Waals surface area contributed by atoms with Gasteiger partial charge in [-0.3, -0.25) is 52.9 Å². The van der Waals surface area contributed by atoms with Gasteiger partial charge in [-0.15, -0.1) is 0 Å². The Labute approximate surface area is 398 Å². The van der Waals surface area contributed by atoms with Crippen molar-refractivity contribution in [2.45, 2.75) is 102 Å². The van der Waals surface area contributed by atoms with Gasteiger partial charge in [-0.25, -0.2) is 0 Å². The molecule has 9 amide bonds. The Bertz CT molecular complexity index is 1920. The largest absolute Gasteiger partial charge is 0.480 e. The molecule has 19 N–H and O–H groups in total. The SMILES string of the molecule is CC[C@H](C)[C@H](N)C(=O)N[C@@H](CO)C(=O)NCC(=O)N[C@@H](CC(C)C)C(=O)NCC(=O)N[C@@H](CO)C(=O)N[C@@H](CCCN=C(N)N)C(=O)N[C@@H](Cc1ccccc1)C(=O)N[C@@H](CO)C(=O)NCC(=O)O. The molecule has 69 heavy (non-hydrogen) atoms. The number of carbonyl (C=O) groups is 10. The van der Waals surface area contributed by atoms with Gasteiger partial charge in [-0.05, 0) is 36.7 Å². The summed E-state index contributed by atoms with van der Waals surface area (Å²) in [6.07, 6.45) is 0.411. The monoisotopic (exact) mass is 980 g/mol. The number of nitrogens with zero attached hydrogens (tertiary/aromatic N) is 1. The normalized spacial score (nSPS) is 14.3. The zero-order chi connectivity index (χ0) is 52.2. The van der Waals surface area contributed by atoms with Crippen molar-refractivity contribution in [2.75, 3.05) is 46.0 Å². The minimum atomic E-state index is -1.70. The van der Waals surface area contributed by atoms with Gasteiger partial charge in [0.05, 0.1) is 39.0 Å². The summed E-state index contributed by atoms with van der Waals surface area (Å²) in [5.74, 6) is -10.3. The average molecular weight is 980 g/mol. The predicted molar refractivity (Wildman–Crippen MR) is 246 cm³/mol. The minimum Gasteiger partial charge on any atom is -0.480 e. The van der Waals surface area contributed by atoms with Gasteiger partial charge in [0.1, 0.15) is 42.8 Å².